The van der Waals surface area contributed by atoms with E-state index in [0.29, 0.717) is 12.1 Å². The first-order valence-electron chi connectivity index (χ1n) is 7.24. The number of benzene rings is 2. The van der Waals surface area contributed by atoms with Gasteiger partial charge in [-0.1, -0.05) is 48.5 Å². The third kappa shape index (κ3) is 3.07. The lowest BCUT2D eigenvalue weighted by molar-refractivity contribution is 0.535. The Bertz CT molecular complexity index is 737. The van der Waals surface area contributed by atoms with Crippen molar-refractivity contribution >= 4 is 0 Å². The summed E-state index contributed by atoms with van der Waals surface area (Å²) in [5, 5.41) is 3.41. The lowest BCUT2D eigenvalue weighted by Crippen LogP contribution is -2.25. The Morgan fingerprint density at radius 3 is 2.50 bits per heavy atom. The lowest BCUT2D eigenvalue weighted by atomic mass is 10.1. The third-order valence-electron chi connectivity index (χ3n) is 3.70. The van der Waals surface area contributed by atoms with Crippen LogP contribution in [0.1, 0.15) is 23.0 Å². The van der Waals surface area contributed by atoms with Crippen molar-refractivity contribution < 1.29 is 4.39 Å². The summed E-state index contributed by atoms with van der Waals surface area (Å²) < 4.78 is 15.8. The van der Waals surface area contributed by atoms with Crippen molar-refractivity contribution in [1.29, 1.82) is 0 Å². The van der Waals surface area contributed by atoms with Gasteiger partial charge in [-0.05, 0) is 11.6 Å². The Labute approximate surface area is 129 Å². The predicted octanol–water partition coefficient (Wildman–Crippen LogP) is 3.44. The molecule has 0 aliphatic carbocycles. The summed E-state index contributed by atoms with van der Waals surface area (Å²) in [6.45, 7) is 0.444. The van der Waals surface area contributed by atoms with Gasteiger partial charge in [-0.2, -0.15) is 0 Å². The maximum atomic E-state index is 13.8. The van der Waals surface area contributed by atoms with Gasteiger partial charge < -0.3 is 4.57 Å². The number of rotatable bonds is 5. The van der Waals surface area contributed by atoms with E-state index in [9.17, 15) is 4.39 Å². The van der Waals surface area contributed by atoms with Crippen molar-refractivity contribution in [3.8, 4) is 0 Å². The standard InChI is InChI=1S/C18H18FN3/c1-22-12-11-20-18(22)17(14-7-3-2-4-8-14)21-13-15-9-5-6-10-16(15)19/h2-12,17,21H,13H2,1H3/t17-/m1/s1. The molecule has 0 radical (unpaired) electrons. The van der Waals surface area contributed by atoms with Gasteiger partial charge in [0.05, 0.1) is 6.04 Å². The molecule has 0 spiro atoms. The van der Waals surface area contributed by atoms with E-state index in [4.69, 9.17) is 0 Å². The molecular formula is C18H18FN3. The second-order valence-corrected chi connectivity index (χ2v) is 5.21. The zero-order valence-corrected chi connectivity index (χ0v) is 12.4. The van der Waals surface area contributed by atoms with Crippen LogP contribution in [0.4, 0.5) is 4.39 Å². The van der Waals surface area contributed by atoms with Gasteiger partial charge in [0, 0.05) is 31.5 Å². The van der Waals surface area contributed by atoms with Crippen LogP contribution in [0.2, 0.25) is 0 Å². The van der Waals surface area contributed by atoms with Crippen LogP contribution in [0.25, 0.3) is 0 Å². The minimum Gasteiger partial charge on any atom is -0.336 e. The topological polar surface area (TPSA) is 29.9 Å². The van der Waals surface area contributed by atoms with Gasteiger partial charge in [0.25, 0.3) is 0 Å². The molecule has 3 rings (SSSR count). The number of aromatic nitrogens is 2. The fourth-order valence-electron chi connectivity index (χ4n) is 2.51. The van der Waals surface area contributed by atoms with E-state index in [1.54, 1.807) is 18.3 Å². The average Bonchev–Trinajstić information content (AvgIpc) is 2.96. The molecule has 3 nitrogen and oxygen atoms in total. The molecule has 1 aromatic heterocycles. The Balaban J connectivity index is 1.87. The zero-order chi connectivity index (χ0) is 15.4. The molecule has 0 aliphatic heterocycles. The van der Waals surface area contributed by atoms with Crippen molar-refractivity contribution in [2.75, 3.05) is 0 Å². The smallest absolute Gasteiger partial charge is 0.130 e. The Hall–Kier alpha value is -2.46. The number of hydrogen-bond donors (Lipinski definition) is 1. The maximum Gasteiger partial charge on any atom is 0.130 e. The molecule has 0 bridgehead atoms. The maximum absolute atomic E-state index is 13.8. The molecule has 1 N–H and O–H groups in total. The molecule has 0 aliphatic rings. The highest BCUT2D eigenvalue weighted by Gasteiger charge is 2.18. The third-order valence-corrected chi connectivity index (χ3v) is 3.70. The second kappa shape index (κ2) is 6.54. The van der Waals surface area contributed by atoms with E-state index in [-0.39, 0.29) is 11.9 Å². The molecule has 4 heteroatoms. The van der Waals surface area contributed by atoms with E-state index in [1.807, 2.05) is 54.2 Å². The zero-order valence-electron chi connectivity index (χ0n) is 12.4. The van der Waals surface area contributed by atoms with Crippen LogP contribution in [-0.2, 0) is 13.6 Å². The van der Waals surface area contributed by atoms with Gasteiger partial charge in [0.2, 0.25) is 0 Å². The summed E-state index contributed by atoms with van der Waals surface area (Å²) in [5.41, 5.74) is 1.76. The summed E-state index contributed by atoms with van der Waals surface area (Å²) in [7, 11) is 1.96. The quantitative estimate of drug-likeness (QED) is 0.781. The fraction of sp³-hybridized carbons (Fsp3) is 0.167. The monoisotopic (exact) mass is 295 g/mol. The molecule has 0 saturated carbocycles. The van der Waals surface area contributed by atoms with E-state index >= 15 is 0 Å². The van der Waals surface area contributed by atoms with Crippen molar-refractivity contribution in [2.45, 2.75) is 12.6 Å². The minimum absolute atomic E-state index is 0.0826. The van der Waals surface area contributed by atoms with Crippen LogP contribution < -0.4 is 5.32 Å². The van der Waals surface area contributed by atoms with E-state index in [0.717, 1.165) is 11.4 Å². The first-order chi connectivity index (χ1) is 10.8. The molecule has 1 atom stereocenters. The van der Waals surface area contributed by atoms with Crippen molar-refractivity contribution in [3.05, 3.63) is 89.8 Å². The largest absolute Gasteiger partial charge is 0.336 e. The summed E-state index contributed by atoms with van der Waals surface area (Å²) in [4.78, 5) is 4.43. The van der Waals surface area contributed by atoms with E-state index in [1.165, 1.54) is 6.07 Å². The highest BCUT2D eigenvalue weighted by atomic mass is 19.1. The number of nitrogens with one attached hydrogen (secondary N) is 1. The number of nitrogens with zero attached hydrogens (tertiary/aromatic N) is 2. The SMILES string of the molecule is Cn1ccnc1[C@H](NCc1ccccc1F)c1ccccc1. The normalized spacial score (nSPS) is 12.3. The summed E-state index contributed by atoms with van der Waals surface area (Å²) >= 11 is 0. The molecule has 0 amide bonds. The Kier molecular flexibility index (Phi) is 4.30. The van der Waals surface area contributed by atoms with Crippen LogP contribution in [0, 0.1) is 5.82 Å². The molecule has 0 unspecified atom stereocenters. The Morgan fingerprint density at radius 1 is 1.09 bits per heavy atom. The number of halogens is 1. The first-order valence-corrected chi connectivity index (χ1v) is 7.24. The van der Waals surface area contributed by atoms with E-state index < -0.39 is 0 Å². The summed E-state index contributed by atoms with van der Waals surface area (Å²) in [5.74, 6) is 0.712. The van der Waals surface area contributed by atoms with Gasteiger partial charge in [-0.3, -0.25) is 5.32 Å². The van der Waals surface area contributed by atoms with Crippen LogP contribution in [0.5, 0.6) is 0 Å². The lowest BCUT2D eigenvalue weighted by Gasteiger charge is -2.19. The van der Waals surface area contributed by atoms with E-state index in [2.05, 4.69) is 10.3 Å². The van der Waals surface area contributed by atoms with Gasteiger partial charge >= 0.3 is 0 Å². The van der Waals surface area contributed by atoms with Crippen LogP contribution in [0.3, 0.4) is 0 Å². The van der Waals surface area contributed by atoms with Crippen LogP contribution in [0.15, 0.2) is 67.0 Å². The minimum atomic E-state index is -0.193. The van der Waals surface area contributed by atoms with Crippen molar-refractivity contribution in [1.82, 2.24) is 14.9 Å². The molecule has 112 valence electrons. The number of imidazole rings is 1. The molecule has 1 heterocycles. The molecule has 0 fully saturated rings. The summed E-state index contributed by atoms with van der Waals surface area (Å²) in [6, 6.07) is 16.8. The molecule has 3 aromatic rings. The average molecular weight is 295 g/mol. The molecule has 2 aromatic carbocycles. The van der Waals surface area contributed by atoms with Crippen molar-refractivity contribution in [3.63, 3.8) is 0 Å². The highest BCUT2D eigenvalue weighted by molar-refractivity contribution is 5.26. The van der Waals surface area contributed by atoms with Gasteiger partial charge in [-0.25, -0.2) is 9.37 Å². The second-order valence-electron chi connectivity index (χ2n) is 5.21. The summed E-state index contributed by atoms with van der Waals surface area (Å²) in [6.07, 6.45) is 3.69. The number of hydrogen-bond acceptors (Lipinski definition) is 2. The van der Waals surface area contributed by atoms with Crippen LogP contribution >= 0.6 is 0 Å². The fourth-order valence-corrected chi connectivity index (χ4v) is 2.51. The van der Waals surface area contributed by atoms with Gasteiger partial charge in [0.1, 0.15) is 11.6 Å². The van der Waals surface area contributed by atoms with Gasteiger partial charge in [-0.15, -0.1) is 0 Å². The molecular weight excluding hydrogens is 277 g/mol. The molecule has 22 heavy (non-hydrogen) atoms. The Morgan fingerprint density at radius 2 is 1.82 bits per heavy atom. The molecule has 0 saturated heterocycles. The van der Waals surface area contributed by atoms with Crippen molar-refractivity contribution in [2.24, 2.45) is 7.05 Å². The van der Waals surface area contributed by atoms with Crippen LogP contribution in [-0.4, -0.2) is 9.55 Å². The number of aryl methyl sites for hydroxylation is 1. The predicted molar refractivity (Wildman–Crippen MR) is 84.7 cm³/mol. The first kappa shape index (κ1) is 14.5. The van der Waals surface area contributed by atoms with Gasteiger partial charge in [0.15, 0.2) is 0 Å². The highest BCUT2D eigenvalue weighted by Crippen LogP contribution is 2.21.